The number of aliphatic imine (C=N–C) groups is 1. The van der Waals surface area contributed by atoms with Gasteiger partial charge in [-0.05, 0) is 43.3 Å². The van der Waals surface area contributed by atoms with E-state index in [2.05, 4.69) is 20.6 Å². The molecule has 0 bridgehead atoms. The Morgan fingerprint density at radius 2 is 1.84 bits per heavy atom. The number of rotatable bonds is 7. The predicted molar refractivity (Wildman–Crippen MR) is 111 cm³/mol. The highest BCUT2D eigenvalue weighted by Gasteiger charge is 2.06. The highest BCUT2D eigenvalue weighted by atomic mass is 127. The number of nitrogens with one attached hydrogen (secondary N) is 2. The van der Waals surface area contributed by atoms with Gasteiger partial charge in [0.1, 0.15) is 17.6 Å². The van der Waals surface area contributed by atoms with Gasteiger partial charge in [-0.1, -0.05) is 6.07 Å². The first-order valence-electron chi connectivity index (χ1n) is 7.86. The molecule has 2 N–H and O–H groups in total. The third-order valence-electron chi connectivity index (χ3n) is 3.34. The average molecular weight is 456 g/mol. The lowest BCUT2D eigenvalue weighted by atomic mass is 10.3. The van der Waals surface area contributed by atoms with Crippen LogP contribution in [0.25, 0.3) is 0 Å². The van der Waals surface area contributed by atoms with Gasteiger partial charge in [0.15, 0.2) is 5.96 Å². The van der Waals surface area contributed by atoms with E-state index in [0.29, 0.717) is 19.0 Å². The molecular weight excluding hydrogens is 431 g/mol. The monoisotopic (exact) mass is 456 g/mol. The molecule has 2 rings (SSSR count). The van der Waals surface area contributed by atoms with E-state index in [1.807, 2.05) is 49.4 Å². The van der Waals surface area contributed by atoms with E-state index in [4.69, 9.17) is 9.47 Å². The Bertz CT molecular complexity index is 635. The van der Waals surface area contributed by atoms with Gasteiger partial charge < -0.3 is 20.1 Å². The molecule has 0 saturated heterocycles. The largest absolute Gasteiger partial charge is 0.497 e. The molecule has 2 aromatic rings. The topological polar surface area (TPSA) is 67.8 Å². The van der Waals surface area contributed by atoms with Gasteiger partial charge in [0, 0.05) is 13.2 Å². The zero-order valence-corrected chi connectivity index (χ0v) is 17.1. The van der Waals surface area contributed by atoms with Crippen molar-refractivity contribution >= 4 is 29.9 Å². The molecule has 7 heteroatoms. The number of hydrogen-bond donors (Lipinski definition) is 2. The van der Waals surface area contributed by atoms with Crippen LogP contribution in [0.2, 0.25) is 0 Å². The molecule has 1 aromatic heterocycles. The molecule has 25 heavy (non-hydrogen) atoms. The van der Waals surface area contributed by atoms with Crippen LogP contribution in [0.5, 0.6) is 11.5 Å². The van der Waals surface area contributed by atoms with Gasteiger partial charge in [0.05, 0.1) is 25.9 Å². The number of halogens is 1. The van der Waals surface area contributed by atoms with Crippen LogP contribution in [-0.4, -0.2) is 37.7 Å². The van der Waals surface area contributed by atoms with Crippen LogP contribution in [0, 0.1) is 0 Å². The van der Waals surface area contributed by atoms with E-state index >= 15 is 0 Å². The second kappa shape index (κ2) is 11.5. The van der Waals surface area contributed by atoms with E-state index in [0.717, 1.165) is 17.2 Å². The maximum absolute atomic E-state index is 5.86. The third-order valence-corrected chi connectivity index (χ3v) is 3.34. The van der Waals surface area contributed by atoms with Gasteiger partial charge in [-0.3, -0.25) is 9.98 Å². The third kappa shape index (κ3) is 7.59. The van der Waals surface area contributed by atoms with Crippen molar-refractivity contribution in [1.82, 2.24) is 15.6 Å². The molecule has 0 aliphatic carbocycles. The number of ether oxygens (including phenoxy) is 2. The summed E-state index contributed by atoms with van der Waals surface area (Å²) in [5.41, 5.74) is 0.961. The minimum atomic E-state index is -0.00760. The number of hydrogen-bond acceptors (Lipinski definition) is 4. The molecule has 1 atom stereocenters. The van der Waals surface area contributed by atoms with Gasteiger partial charge in [-0.2, -0.15) is 0 Å². The summed E-state index contributed by atoms with van der Waals surface area (Å²) in [6.45, 7) is 3.26. The molecule has 6 nitrogen and oxygen atoms in total. The Morgan fingerprint density at radius 3 is 2.44 bits per heavy atom. The van der Waals surface area contributed by atoms with Gasteiger partial charge >= 0.3 is 0 Å². The van der Waals surface area contributed by atoms with E-state index < -0.39 is 0 Å². The lowest BCUT2D eigenvalue weighted by Gasteiger charge is -2.17. The first kappa shape index (κ1) is 21.0. The van der Waals surface area contributed by atoms with Crippen molar-refractivity contribution in [2.24, 2.45) is 4.99 Å². The summed E-state index contributed by atoms with van der Waals surface area (Å²) in [5, 5.41) is 6.47. The molecule has 0 amide bonds. The first-order valence-corrected chi connectivity index (χ1v) is 7.86. The van der Waals surface area contributed by atoms with E-state index in [1.165, 1.54) is 0 Å². The fourth-order valence-corrected chi connectivity index (χ4v) is 2.07. The van der Waals surface area contributed by atoms with Crippen molar-refractivity contribution in [2.45, 2.75) is 19.6 Å². The maximum atomic E-state index is 5.86. The van der Waals surface area contributed by atoms with Gasteiger partial charge in [0.2, 0.25) is 0 Å². The predicted octanol–water partition coefficient (Wildman–Crippen LogP) is 2.84. The van der Waals surface area contributed by atoms with Crippen molar-refractivity contribution in [2.75, 3.05) is 20.7 Å². The van der Waals surface area contributed by atoms with Gasteiger partial charge in [-0.15, -0.1) is 24.0 Å². The second-order valence-corrected chi connectivity index (χ2v) is 5.23. The number of methoxy groups -OCH3 is 1. The quantitative estimate of drug-likeness (QED) is 0.381. The average Bonchev–Trinajstić information content (AvgIpc) is 2.63. The number of nitrogens with zero attached hydrogens (tertiary/aromatic N) is 2. The molecule has 136 valence electrons. The van der Waals surface area contributed by atoms with Crippen LogP contribution in [-0.2, 0) is 6.54 Å². The van der Waals surface area contributed by atoms with Crippen molar-refractivity contribution in [3.8, 4) is 11.5 Å². The molecule has 0 spiro atoms. The summed E-state index contributed by atoms with van der Waals surface area (Å²) >= 11 is 0. The molecule has 1 heterocycles. The fraction of sp³-hybridized carbons (Fsp3) is 0.333. The Labute approximate surface area is 166 Å². The first-order chi connectivity index (χ1) is 11.7. The summed E-state index contributed by atoms with van der Waals surface area (Å²) in [5.74, 6) is 2.33. The molecule has 0 aliphatic heterocycles. The highest BCUT2D eigenvalue weighted by Crippen LogP contribution is 2.17. The Morgan fingerprint density at radius 1 is 1.12 bits per heavy atom. The summed E-state index contributed by atoms with van der Waals surface area (Å²) in [4.78, 5) is 8.47. The van der Waals surface area contributed by atoms with Crippen LogP contribution >= 0.6 is 24.0 Å². The number of pyridine rings is 1. The highest BCUT2D eigenvalue weighted by molar-refractivity contribution is 14.0. The lowest BCUT2D eigenvalue weighted by Crippen LogP contribution is -2.41. The smallest absolute Gasteiger partial charge is 0.191 e. The Balaban J connectivity index is 0.00000312. The van der Waals surface area contributed by atoms with Gasteiger partial charge in [-0.25, -0.2) is 0 Å². The molecular formula is C18H25IN4O2. The summed E-state index contributed by atoms with van der Waals surface area (Å²) in [6.07, 6.45) is 1.77. The molecule has 0 radical (unpaired) electrons. The second-order valence-electron chi connectivity index (χ2n) is 5.23. The SMILES string of the molecule is CN=C(NCc1ccccn1)NCC(C)Oc1ccc(OC)cc1.I. The van der Waals surface area contributed by atoms with Crippen molar-refractivity contribution in [3.63, 3.8) is 0 Å². The summed E-state index contributed by atoms with van der Waals surface area (Å²) < 4.78 is 11.0. The van der Waals surface area contributed by atoms with Crippen LogP contribution in [0.3, 0.4) is 0 Å². The normalized spacial score (nSPS) is 11.9. The fourth-order valence-electron chi connectivity index (χ4n) is 2.07. The standard InChI is InChI=1S/C18H24N4O2.HI/c1-14(24-17-9-7-16(23-3)8-10-17)12-21-18(19-2)22-13-15-6-4-5-11-20-15;/h4-11,14H,12-13H2,1-3H3,(H2,19,21,22);1H. The van der Waals surface area contributed by atoms with E-state index in [-0.39, 0.29) is 30.1 Å². The van der Waals surface area contributed by atoms with Gasteiger partial charge in [0.25, 0.3) is 0 Å². The minimum absolute atomic E-state index is 0. The van der Waals surface area contributed by atoms with Crippen LogP contribution in [0.15, 0.2) is 53.7 Å². The van der Waals surface area contributed by atoms with Crippen LogP contribution in [0.1, 0.15) is 12.6 Å². The lowest BCUT2D eigenvalue weighted by molar-refractivity contribution is 0.223. The Hall–Kier alpha value is -2.03. The molecule has 0 saturated carbocycles. The van der Waals surface area contributed by atoms with E-state index in [1.54, 1.807) is 20.4 Å². The maximum Gasteiger partial charge on any atom is 0.191 e. The zero-order valence-electron chi connectivity index (χ0n) is 14.7. The number of aromatic nitrogens is 1. The molecule has 0 aliphatic rings. The van der Waals surface area contributed by atoms with Crippen LogP contribution < -0.4 is 20.1 Å². The summed E-state index contributed by atoms with van der Waals surface area (Å²) in [7, 11) is 3.38. The van der Waals surface area contributed by atoms with Crippen molar-refractivity contribution in [3.05, 3.63) is 54.4 Å². The zero-order chi connectivity index (χ0) is 17.2. The van der Waals surface area contributed by atoms with Crippen molar-refractivity contribution < 1.29 is 9.47 Å². The molecule has 1 unspecified atom stereocenters. The number of benzene rings is 1. The summed E-state index contributed by atoms with van der Waals surface area (Å²) in [6, 6.07) is 13.4. The number of guanidine groups is 1. The van der Waals surface area contributed by atoms with Crippen molar-refractivity contribution in [1.29, 1.82) is 0 Å². The minimum Gasteiger partial charge on any atom is -0.497 e. The molecule has 0 fully saturated rings. The van der Waals surface area contributed by atoms with Crippen LogP contribution in [0.4, 0.5) is 0 Å². The molecule has 1 aromatic carbocycles. The van der Waals surface area contributed by atoms with E-state index in [9.17, 15) is 0 Å². The Kier molecular flexibility index (Phi) is 9.68.